The van der Waals surface area contributed by atoms with Crippen LogP contribution in [0.1, 0.15) is 32.2 Å². The third-order valence-electron chi connectivity index (χ3n) is 3.70. The Bertz CT molecular complexity index is 549. The smallest absolute Gasteiger partial charge is 0.132 e. The maximum absolute atomic E-state index is 13.6. The summed E-state index contributed by atoms with van der Waals surface area (Å²) in [6.45, 7) is 2.26. The first kappa shape index (κ1) is 11.4. The second-order valence-corrected chi connectivity index (χ2v) is 5.14. The number of hydrogen-bond acceptors (Lipinski definition) is 2. The Morgan fingerprint density at radius 2 is 2.11 bits per heavy atom. The van der Waals surface area contributed by atoms with Gasteiger partial charge in [0.15, 0.2) is 0 Å². The van der Waals surface area contributed by atoms with Crippen molar-refractivity contribution in [2.24, 2.45) is 5.92 Å². The summed E-state index contributed by atoms with van der Waals surface area (Å²) < 4.78 is 15.5. The van der Waals surface area contributed by atoms with Crippen molar-refractivity contribution in [3.8, 4) is 11.3 Å². The predicted molar refractivity (Wildman–Crippen MR) is 67.5 cm³/mol. The molecule has 4 heteroatoms. The van der Waals surface area contributed by atoms with E-state index < -0.39 is 0 Å². The summed E-state index contributed by atoms with van der Waals surface area (Å²) in [5.74, 6) is 0.500. The zero-order valence-corrected chi connectivity index (χ0v) is 10.4. The highest BCUT2D eigenvalue weighted by Crippen LogP contribution is 2.34. The number of aromatic nitrogens is 3. The first-order valence-corrected chi connectivity index (χ1v) is 6.41. The van der Waals surface area contributed by atoms with Crippen LogP contribution in [0.15, 0.2) is 30.5 Å². The lowest BCUT2D eigenvalue weighted by atomic mass is 10.1. The number of nitrogens with zero attached hydrogens (tertiary/aromatic N) is 3. The van der Waals surface area contributed by atoms with Crippen molar-refractivity contribution in [1.29, 1.82) is 0 Å². The molecule has 1 aliphatic carbocycles. The third-order valence-corrected chi connectivity index (χ3v) is 3.70. The van der Waals surface area contributed by atoms with Gasteiger partial charge in [-0.25, -0.2) is 9.07 Å². The van der Waals surface area contributed by atoms with Crippen molar-refractivity contribution in [2.45, 2.75) is 32.2 Å². The fourth-order valence-electron chi connectivity index (χ4n) is 2.66. The molecule has 0 N–H and O–H groups in total. The van der Waals surface area contributed by atoms with Crippen molar-refractivity contribution in [2.75, 3.05) is 0 Å². The van der Waals surface area contributed by atoms with Crippen molar-refractivity contribution < 1.29 is 4.39 Å². The fraction of sp³-hybridized carbons (Fsp3) is 0.429. The third kappa shape index (κ3) is 2.03. The molecule has 0 radical (unpaired) electrons. The molecule has 0 spiro atoms. The van der Waals surface area contributed by atoms with Crippen LogP contribution in [0.25, 0.3) is 11.3 Å². The molecule has 3 nitrogen and oxygen atoms in total. The van der Waals surface area contributed by atoms with Gasteiger partial charge in [0.2, 0.25) is 0 Å². The van der Waals surface area contributed by atoms with E-state index in [1.54, 1.807) is 12.1 Å². The molecular weight excluding hydrogens is 229 g/mol. The molecule has 18 heavy (non-hydrogen) atoms. The highest BCUT2D eigenvalue weighted by atomic mass is 19.1. The summed E-state index contributed by atoms with van der Waals surface area (Å²) in [6.07, 6.45) is 5.38. The molecule has 3 rings (SSSR count). The summed E-state index contributed by atoms with van der Waals surface area (Å²) >= 11 is 0. The highest BCUT2D eigenvalue weighted by Gasteiger charge is 2.24. The Kier molecular flexibility index (Phi) is 2.86. The SMILES string of the molecule is CC1CCC(n2cc(-c3ccccc3F)nn2)C1. The Morgan fingerprint density at radius 1 is 1.28 bits per heavy atom. The molecule has 1 aromatic heterocycles. The lowest BCUT2D eigenvalue weighted by Crippen LogP contribution is -2.05. The minimum atomic E-state index is -0.246. The summed E-state index contributed by atoms with van der Waals surface area (Å²) in [5.41, 5.74) is 1.14. The van der Waals surface area contributed by atoms with E-state index in [4.69, 9.17) is 0 Å². The van der Waals surface area contributed by atoms with Crippen LogP contribution in [-0.4, -0.2) is 15.0 Å². The van der Waals surface area contributed by atoms with E-state index in [0.29, 0.717) is 17.3 Å². The van der Waals surface area contributed by atoms with Crippen LogP contribution in [0.3, 0.4) is 0 Å². The van der Waals surface area contributed by atoms with Crippen LogP contribution in [0, 0.1) is 11.7 Å². The van der Waals surface area contributed by atoms with Crippen LogP contribution >= 0.6 is 0 Å². The monoisotopic (exact) mass is 245 g/mol. The Morgan fingerprint density at radius 3 is 2.83 bits per heavy atom. The first-order valence-electron chi connectivity index (χ1n) is 6.41. The van der Waals surface area contributed by atoms with Crippen molar-refractivity contribution in [3.05, 3.63) is 36.3 Å². The van der Waals surface area contributed by atoms with Gasteiger partial charge < -0.3 is 0 Å². The molecule has 1 aliphatic rings. The van der Waals surface area contributed by atoms with E-state index in [9.17, 15) is 4.39 Å². The number of rotatable bonds is 2. The molecule has 94 valence electrons. The van der Waals surface area contributed by atoms with Crippen molar-refractivity contribution in [3.63, 3.8) is 0 Å². The van der Waals surface area contributed by atoms with Crippen LogP contribution in [0.4, 0.5) is 4.39 Å². The van der Waals surface area contributed by atoms with E-state index in [2.05, 4.69) is 17.2 Å². The van der Waals surface area contributed by atoms with Gasteiger partial charge in [-0.2, -0.15) is 0 Å². The molecule has 0 aliphatic heterocycles. The number of benzene rings is 1. The predicted octanol–water partition coefficient (Wildman–Crippen LogP) is 3.45. The Labute approximate surface area is 106 Å². The molecule has 1 aromatic carbocycles. The molecule has 0 amide bonds. The second kappa shape index (κ2) is 4.52. The van der Waals surface area contributed by atoms with Crippen molar-refractivity contribution in [1.82, 2.24) is 15.0 Å². The minimum absolute atomic E-state index is 0.246. The first-order chi connectivity index (χ1) is 8.74. The maximum Gasteiger partial charge on any atom is 0.132 e. The van der Waals surface area contributed by atoms with Gasteiger partial charge in [-0.3, -0.25) is 0 Å². The van der Waals surface area contributed by atoms with Gasteiger partial charge in [0.05, 0.1) is 12.2 Å². The average molecular weight is 245 g/mol. The van der Waals surface area contributed by atoms with Crippen LogP contribution in [-0.2, 0) is 0 Å². The normalized spacial score (nSPS) is 23.4. The largest absolute Gasteiger partial charge is 0.249 e. The zero-order chi connectivity index (χ0) is 12.5. The average Bonchev–Trinajstić information content (AvgIpc) is 2.98. The second-order valence-electron chi connectivity index (χ2n) is 5.14. The van der Waals surface area contributed by atoms with Crippen LogP contribution in [0.2, 0.25) is 0 Å². The number of halogens is 1. The highest BCUT2D eigenvalue weighted by molar-refractivity contribution is 5.58. The lowest BCUT2D eigenvalue weighted by Gasteiger charge is -2.08. The standard InChI is InChI=1S/C14H16FN3/c1-10-6-7-11(8-10)18-9-14(16-17-18)12-4-2-3-5-13(12)15/h2-5,9-11H,6-8H2,1H3. The van der Waals surface area contributed by atoms with E-state index in [1.165, 1.54) is 12.5 Å². The molecule has 1 heterocycles. The van der Waals surface area contributed by atoms with E-state index in [0.717, 1.165) is 18.8 Å². The topological polar surface area (TPSA) is 30.7 Å². The molecule has 0 saturated heterocycles. The maximum atomic E-state index is 13.6. The Hall–Kier alpha value is -1.71. The molecule has 2 aromatic rings. The van der Waals surface area contributed by atoms with Gasteiger partial charge in [-0.15, -0.1) is 5.10 Å². The summed E-state index contributed by atoms with van der Waals surface area (Å²) in [6, 6.07) is 7.11. The van der Waals surface area contributed by atoms with Gasteiger partial charge in [0.25, 0.3) is 0 Å². The van der Waals surface area contributed by atoms with Gasteiger partial charge in [-0.05, 0) is 37.3 Å². The van der Waals surface area contributed by atoms with Crippen molar-refractivity contribution >= 4 is 0 Å². The van der Waals surface area contributed by atoms with Gasteiger partial charge >= 0.3 is 0 Å². The van der Waals surface area contributed by atoms with Gasteiger partial charge in [-0.1, -0.05) is 24.3 Å². The van der Waals surface area contributed by atoms with E-state index in [-0.39, 0.29) is 5.82 Å². The molecule has 2 unspecified atom stereocenters. The molecule has 1 saturated carbocycles. The molecule has 2 atom stereocenters. The van der Waals surface area contributed by atoms with E-state index in [1.807, 2.05) is 16.9 Å². The van der Waals surface area contributed by atoms with Gasteiger partial charge in [0, 0.05) is 5.56 Å². The fourth-order valence-corrected chi connectivity index (χ4v) is 2.66. The molecule has 0 bridgehead atoms. The van der Waals surface area contributed by atoms with Crippen LogP contribution < -0.4 is 0 Å². The quantitative estimate of drug-likeness (QED) is 0.811. The summed E-state index contributed by atoms with van der Waals surface area (Å²) in [4.78, 5) is 0. The summed E-state index contributed by atoms with van der Waals surface area (Å²) in [5, 5.41) is 8.24. The van der Waals surface area contributed by atoms with E-state index >= 15 is 0 Å². The van der Waals surface area contributed by atoms with Gasteiger partial charge in [0.1, 0.15) is 11.5 Å². The Balaban J connectivity index is 1.88. The molecule has 1 fully saturated rings. The molecular formula is C14H16FN3. The zero-order valence-electron chi connectivity index (χ0n) is 10.4. The van der Waals surface area contributed by atoms with Crippen LogP contribution in [0.5, 0.6) is 0 Å². The minimum Gasteiger partial charge on any atom is -0.249 e. The summed E-state index contributed by atoms with van der Waals surface area (Å²) in [7, 11) is 0. The lowest BCUT2D eigenvalue weighted by molar-refractivity contribution is 0.439. The number of hydrogen-bond donors (Lipinski definition) is 0.